The van der Waals surface area contributed by atoms with E-state index in [1.54, 1.807) is 0 Å². The van der Waals surface area contributed by atoms with Crippen molar-refractivity contribution in [3.63, 3.8) is 0 Å². The van der Waals surface area contributed by atoms with E-state index >= 15 is 0 Å². The molecule has 1 aromatic heterocycles. The Morgan fingerprint density at radius 2 is 1.91 bits per heavy atom. The lowest BCUT2D eigenvalue weighted by atomic mass is 10.1. The van der Waals surface area contributed by atoms with E-state index in [4.69, 9.17) is 5.26 Å². The van der Waals surface area contributed by atoms with Crippen LogP contribution in [0.3, 0.4) is 0 Å². The van der Waals surface area contributed by atoms with Gasteiger partial charge in [0.15, 0.2) is 0 Å². The van der Waals surface area contributed by atoms with Gasteiger partial charge in [0.05, 0.1) is 12.5 Å². The Labute approximate surface area is 134 Å². The summed E-state index contributed by atoms with van der Waals surface area (Å²) in [6.45, 7) is 0. The molecule has 4 heteroatoms. The molecule has 0 bridgehead atoms. The molecule has 0 atom stereocenters. The Kier molecular flexibility index (Phi) is 4.39. The molecule has 0 aliphatic rings. The smallest absolute Gasteiger partial charge is 0.224 e. The zero-order chi connectivity index (χ0) is 16.1. The number of aromatic amines is 1. The van der Waals surface area contributed by atoms with E-state index in [1.807, 2.05) is 48.7 Å². The number of nitriles is 1. The third-order valence-corrected chi connectivity index (χ3v) is 3.82. The Morgan fingerprint density at radius 3 is 2.70 bits per heavy atom. The first-order valence-corrected chi connectivity index (χ1v) is 7.57. The third-order valence-electron chi connectivity index (χ3n) is 3.82. The molecule has 0 fully saturated rings. The first kappa shape index (κ1) is 14.9. The number of carbonyl (C=O) groups is 1. The van der Waals surface area contributed by atoms with Crippen LogP contribution in [0.2, 0.25) is 0 Å². The van der Waals surface area contributed by atoms with Gasteiger partial charge in [-0.2, -0.15) is 5.26 Å². The fourth-order valence-electron chi connectivity index (χ4n) is 2.61. The van der Waals surface area contributed by atoms with Crippen LogP contribution in [0, 0.1) is 11.3 Å². The molecule has 114 valence electrons. The number of para-hydroxylation sites is 1. The van der Waals surface area contributed by atoms with Gasteiger partial charge in [0, 0.05) is 29.2 Å². The number of amides is 1. The van der Waals surface area contributed by atoms with Crippen molar-refractivity contribution in [1.82, 2.24) is 4.98 Å². The zero-order valence-electron chi connectivity index (χ0n) is 12.7. The van der Waals surface area contributed by atoms with Crippen LogP contribution in [0.5, 0.6) is 0 Å². The van der Waals surface area contributed by atoms with E-state index in [9.17, 15) is 4.79 Å². The highest BCUT2D eigenvalue weighted by Gasteiger charge is 2.07. The number of hydrogen-bond donors (Lipinski definition) is 2. The standard InChI is InChI=1S/C19H17N3O/c20-12-11-14-5-8-16(9-6-14)22-19(23)10-7-15-13-21-18-4-2-1-3-17(15)18/h1-6,8-9,13,21H,7,10-11H2,(H,22,23). The molecule has 0 saturated carbocycles. The Balaban J connectivity index is 1.58. The third kappa shape index (κ3) is 3.58. The van der Waals surface area contributed by atoms with Crippen molar-refractivity contribution in [3.8, 4) is 6.07 Å². The summed E-state index contributed by atoms with van der Waals surface area (Å²) in [7, 11) is 0. The first-order valence-electron chi connectivity index (χ1n) is 7.57. The van der Waals surface area contributed by atoms with Crippen molar-refractivity contribution >= 4 is 22.5 Å². The summed E-state index contributed by atoms with van der Waals surface area (Å²) in [6.07, 6.45) is 3.48. The normalized spacial score (nSPS) is 10.4. The highest BCUT2D eigenvalue weighted by atomic mass is 16.1. The SMILES string of the molecule is N#CCc1ccc(NC(=O)CCc2c[nH]c3ccccc23)cc1. The number of aromatic nitrogens is 1. The summed E-state index contributed by atoms with van der Waals surface area (Å²) in [4.78, 5) is 15.3. The lowest BCUT2D eigenvalue weighted by Crippen LogP contribution is -2.12. The minimum absolute atomic E-state index is 0.0108. The second-order valence-corrected chi connectivity index (χ2v) is 5.44. The van der Waals surface area contributed by atoms with Crippen LogP contribution < -0.4 is 5.32 Å². The largest absolute Gasteiger partial charge is 0.361 e. The predicted octanol–water partition coefficient (Wildman–Crippen LogP) is 3.81. The highest BCUT2D eigenvalue weighted by Crippen LogP contribution is 2.19. The van der Waals surface area contributed by atoms with Crippen LogP contribution in [0.4, 0.5) is 5.69 Å². The molecule has 0 spiro atoms. The van der Waals surface area contributed by atoms with Gasteiger partial charge in [-0.15, -0.1) is 0 Å². The van der Waals surface area contributed by atoms with Crippen LogP contribution >= 0.6 is 0 Å². The van der Waals surface area contributed by atoms with Crippen LogP contribution in [0.1, 0.15) is 17.5 Å². The summed E-state index contributed by atoms with van der Waals surface area (Å²) in [5.74, 6) is -0.0108. The van der Waals surface area contributed by atoms with E-state index in [1.165, 1.54) is 5.39 Å². The number of nitrogens with zero attached hydrogens (tertiary/aromatic N) is 1. The molecular weight excluding hydrogens is 286 g/mol. The van der Waals surface area contributed by atoms with E-state index in [2.05, 4.69) is 22.4 Å². The van der Waals surface area contributed by atoms with E-state index in [0.29, 0.717) is 19.3 Å². The number of hydrogen-bond acceptors (Lipinski definition) is 2. The van der Waals surface area contributed by atoms with Crippen molar-refractivity contribution in [2.24, 2.45) is 0 Å². The molecule has 23 heavy (non-hydrogen) atoms. The molecule has 3 rings (SSSR count). The molecule has 2 N–H and O–H groups in total. The average Bonchev–Trinajstić information content (AvgIpc) is 2.98. The maximum absolute atomic E-state index is 12.1. The molecule has 0 saturated heterocycles. The van der Waals surface area contributed by atoms with Gasteiger partial charge in [-0.3, -0.25) is 4.79 Å². The number of nitrogens with one attached hydrogen (secondary N) is 2. The summed E-state index contributed by atoms with van der Waals surface area (Å²) in [5, 5.41) is 12.7. The maximum atomic E-state index is 12.1. The molecule has 1 amide bonds. The highest BCUT2D eigenvalue weighted by molar-refractivity contribution is 5.91. The van der Waals surface area contributed by atoms with Crippen LogP contribution in [-0.4, -0.2) is 10.9 Å². The Hall–Kier alpha value is -3.06. The summed E-state index contributed by atoms with van der Waals surface area (Å²) in [5.41, 5.74) is 3.95. The van der Waals surface area contributed by atoms with Gasteiger partial charge >= 0.3 is 0 Å². The Bertz CT molecular complexity index is 856. The number of carbonyl (C=O) groups excluding carboxylic acids is 1. The molecule has 1 heterocycles. The van der Waals surface area contributed by atoms with Crippen LogP contribution in [0.25, 0.3) is 10.9 Å². The fourth-order valence-corrected chi connectivity index (χ4v) is 2.61. The van der Waals surface area contributed by atoms with Gasteiger partial charge in [0.25, 0.3) is 0 Å². The number of aryl methyl sites for hydroxylation is 1. The van der Waals surface area contributed by atoms with Gasteiger partial charge in [0.1, 0.15) is 0 Å². The van der Waals surface area contributed by atoms with Gasteiger partial charge in [-0.05, 0) is 35.7 Å². The van der Waals surface area contributed by atoms with Crippen molar-refractivity contribution in [2.45, 2.75) is 19.3 Å². The van der Waals surface area contributed by atoms with E-state index < -0.39 is 0 Å². The Morgan fingerprint density at radius 1 is 1.13 bits per heavy atom. The molecule has 0 aliphatic carbocycles. The van der Waals surface area contributed by atoms with Crippen molar-refractivity contribution in [2.75, 3.05) is 5.32 Å². The summed E-state index contributed by atoms with van der Waals surface area (Å²) >= 11 is 0. The molecule has 0 radical (unpaired) electrons. The second-order valence-electron chi connectivity index (χ2n) is 5.44. The summed E-state index contributed by atoms with van der Waals surface area (Å²) in [6, 6.07) is 17.6. The monoisotopic (exact) mass is 303 g/mol. The molecule has 0 aliphatic heterocycles. The molecular formula is C19H17N3O. The van der Waals surface area contributed by atoms with Gasteiger partial charge < -0.3 is 10.3 Å². The molecule has 4 nitrogen and oxygen atoms in total. The lowest BCUT2D eigenvalue weighted by Gasteiger charge is -2.05. The molecule has 2 aromatic carbocycles. The maximum Gasteiger partial charge on any atom is 0.224 e. The number of fused-ring (bicyclic) bond motifs is 1. The second kappa shape index (κ2) is 6.80. The molecule has 0 unspecified atom stereocenters. The first-order chi connectivity index (χ1) is 11.3. The van der Waals surface area contributed by atoms with Crippen molar-refractivity contribution in [3.05, 3.63) is 65.9 Å². The van der Waals surface area contributed by atoms with E-state index in [-0.39, 0.29) is 5.91 Å². The topological polar surface area (TPSA) is 68.7 Å². The number of anilines is 1. The predicted molar refractivity (Wildman–Crippen MR) is 91.0 cm³/mol. The minimum Gasteiger partial charge on any atom is -0.361 e. The van der Waals surface area contributed by atoms with E-state index in [0.717, 1.165) is 22.3 Å². The number of benzene rings is 2. The van der Waals surface area contributed by atoms with Crippen LogP contribution in [0.15, 0.2) is 54.7 Å². The number of H-pyrrole nitrogens is 1. The summed E-state index contributed by atoms with van der Waals surface area (Å²) < 4.78 is 0. The van der Waals surface area contributed by atoms with Crippen molar-refractivity contribution < 1.29 is 4.79 Å². The van der Waals surface area contributed by atoms with Gasteiger partial charge in [-0.25, -0.2) is 0 Å². The quantitative estimate of drug-likeness (QED) is 0.752. The molecule has 3 aromatic rings. The average molecular weight is 303 g/mol. The lowest BCUT2D eigenvalue weighted by molar-refractivity contribution is -0.116. The minimum atomic E-state index is -0.0108. The fraction of sp³-hybridized carbons (Fsp3) is 0.158. The zero-order valence-corrected chi connectivity index (χ0v) is 12.7. The number of rotatable bonds is 5. The van der Waals surface area contributed by atoms with Crippen LogP contribution in [-0.2, 0) is 17.6 Å². The van der Waals surface area contributed by atoms with Gasteiger partial charge in [-0.1, -0.05) is 30.3 Å². The van der Waals surface area contributed by atoms with Crippen molar-refractivity contribution in [1.29, 1.82) is 5.26 Å². The van der Waals surface area contributed by atoms with Gasteiger partial charge in [0.2, 0.25) is 5.91 Å².